The van der Waals surface area contributed by atoms with Gasteiger partial charge in [0, 0.05) is 38.6 Å². The topological polar surface area (TPSA) is 54.0 Å². The molecule has 1 saturated carbocycles. The number of fused-ring (bicyclic) bond motifs is 1. The zero-order valence-electron chi connectivity index (χ0n) is 15.6. The molecule has 0 atom stereocenters. The normalized spacial score (nSPS) is 19.9. The summed E-state index contributed by atoms with van der Waals surface area (Å²) in [5, 5.41) is 4.07. The van der Waals surface area contributed by atoms with Gasteiger partial charge in [0.25, 0.3) is 0 Å². The maximum Gasteiger partial charge on any atom is 0.231 e. The van der Waals surface area contributed by atoms with Crippen LogP contribution in [0.5, 0.6) is 11.5 Å². The van der Waals surface area contributed by atoms with E-state index >= 15 is 0 Å². The third-order valence-corrected chi connectivity index (χ3v) is 6.12. The number of rotatable bonds is 3. The maximum absolute atomic E-state index is 12.7. The summed E-state index contributed by atoms with van der Waals surface area (Å²) in [5.41, 5.74) is 1.10. The number of nitrogens with one attached hydrogen (secondary N) is 1. The van der Waals surface area contributed by atoms with Crippen LogP contribution in [0.15, 0.2) is 18.2 Å². The van der Waals surface area contributed by atoms with Crippen LogP contribution >= 0.6 is 12.2 Å². The minimum absolute atomic E-state index is 0.251. The lowest BCUT2D eigenvalue weighted by atomic mass is 9.88. The van der Waals surface area contributed by atoms with Crippen LogP contribution in [0.2, 0.25) is 0 Å². The minimum Gasteiger partial charge on any atom is -0.454 e. The standard InChI is InChI=1S/C20H27N3O3S/c24-19(16-4-2-1-3-5-16)22-8-10-23(11-9-22)20(27)21-13-15-6-7-17-18(12-15)26-14-25-17/h6-7,12,16H,1-5,8-11,13-14H2,(H,21,27). The Morgan fingerprint density at radius 3 is 2.52 bits per heavy atom. The first kappa shape index (κ1) is 18.3. The Balaban J connectivity index is 1.23. The maximum atomic E-state index is 12.7. The summed E-state index contributed by atoms with van der Waals surface area (Å²) in [7, 11) is 0. The fraction of sp³-hybridized carbons (Fsp3) is 0.600. The van der Waals surface area contributed by atoms with E-state index in [1.54, 1.807) is 0 Å². The number of carbonyl (C=O) groups excluding carboxylic acids is 1. The molecule has 0 aromatic heterocycles. The minimum atomic E-state index is 0.251. The van der Waals surface area contributed by atoms with Gasteiger partial charge >= 0.3 is 0 Å². The predicted molar refractivity (Wildman–Crippen MR) is 107 cm³/mol. The summed E-state index contributed by atoms with van der Waals surface area (Å²) in [4.78, 5) is 16.9. The van der Waals surface area contributed by atoms with Crippen LogP contribution in [0.1, 0.15) is 37.7 Å². The smallest absolute Gasteiger partial charge is 0.231 e. The van der Waals surface area contributed by atoms with Crippen LogP contribution in [0.3, 0.4) is 0 Å². The van der Waals surface area contributed by atoms with Gasteiger partial charge in [-0.25, -0.2) is 0 Å². The highest BCUT2D eigenvalue weighted by molar-refractivity contribution is 7.80. The molecule has 7 heteroatoms. The Kier molecular flexibility index (Phi) is 5.66. The molecule has 1 aromatic rings. The second kappa shape index (κ2) is 8.33. The van der Waals surface area contributed by atoms with Gasteiger partial charge in [-0.15, -0.1) is 0 Å². The molecule has 0 spiro atoms. The summed E-state index contributed by atoms with van der Waals surface area (Å²) in [6.45, 7) is 4.06. The van der Waals surface area contributed by atoms with Gasteiger partial charge in [0.15, 0.2) is 16.6 Å². The first-order valence-corrected chi connectivity index (χ1v) is 10.3. The van der Waals surface area contributed by atoms with E-state index in [2.05, 4.69) is 10.2 Å². The largest absolute Gasteiger partial charge is 0.454 e. The van der Waals surface area contributed by atoms with Crippen LogP contribution in [0.25, 0.3) is 0 Å². The highest BCUT2D eigenvalue weighted by Crippen LogP contribution is 2.32. The quantitative estimate of drug-likeness (QED) is 0.802. The van der Waals surface area contributed by atoms with E-state index in [9.17, 15) is 4.79 Å². The molecule has 0 unspecified atom stereocenters. The lowest BCUT2D eigenvalue weighted by Gasteiger charge is -2.38. The number of benzene rings is 1. The summed E-state index contributed by atoms with van der Waals surface area (Å²) in [5.74, 6) is 2.19. The van der Waals surface area contributed by atoms with E-state index < -0.39 is 0 Å². The van der Waals surface area contributed by atoms with Crippen molar-refractivity contribution in [3.63, 3.8) is 0 Å². The number of carbonyl (C=O) groups is 1. The summed E-state index contributed by atoms with van der Waals surface area (Å²) < 4.78 is 10.8. The number of nitrogens with zero attached hydrogens (tertiary/aromatic N) is 2. The van der Waals surface area contributed by atoms with Crippen LogP contribution in [0.4, 0.5) is 0 Å². The second-order valence-corrected chi connectivity index (χ2v) is 7.88. The highest BCUT2D eigenvalue weighted by Gasteiger charge is 2.29. The predicted octanol–water partition coefficient (Wildman–Crippen LogP) is 2.51. The number of hydrogen-bond donors (Lipinski definition) is 1. The number of hydrogen-bond acceptors (Lipinski definition) is 4. The van der Waals surface area contributed by atoms with Gasteiger partial charge in [0.1, 0.15) is 0 Å². The molecule has 0 radical (unpaired) electrons. The molecule has 2 fully saturated rings. The highest BCUT2D eigenvalue weighted by atomic mass is 32.1. The molecule has 6 nitrogen and oxygen atoms in total. The van der Waals surface area contributed by atoms with Crippen molar-refractivity contribution in [2.75, 3.05) is 33.0 Å². The molecule has 2 heterocycles. The molecule has 1 aliphatic carbocycles. The first-order chi connectivity index (χ1) is 13.2. The zero-order valence-corrected chi connectivity index (χ0v) is 16.4. The third-order valence-electron chi connectivity index (χ3n) is 5.71. The molecule has 0 bridgehead atoms. The van der Waals surface area contributed by atoms with Gasteiger partial charge in [-0.2, -0.15) is 0 Å². The monoisotopic (exact) mass is 389 g/mol. The van der Waals surface area contributed by atoms with E-state index in [0.29, 0.717) is 12.5 Å². The van der Waals surface area contributed by atoms with E-state index in [4.69, 9.17) is 21.7 Å². The first-order valence-electron chi connectivity index (χ1n) is 9.91. The molecule has 146 valence electrons. The van der Waals surface area contributed by atoms with Crippen molar-refractivity contribution in [1.82, 2.24) is 15.1 Å². The van der Waals surface area contributed by atoms with Crippen molar-refractivity contribution in [3.8, 4) is 11.5 Å². The average molecular weight is 390 g/mol. The van der Waals surface area contributed by atoms with Crippen LogP contribution in [-0.2, 0) is 11.3 Å². The van der Waals surface area contributed by atoms with Crippen molar-refractivity contribution >= 4 is 23.2 Å². The fourth-order valence-corrected chi connectivity index (χ4v) is 4.33. The van der Waals surface area contributed by atoms with E-state index in [-0.39, 0.29) is 12.7 Å². The number of amides is 1. The molecule has 1 amide bonds. The van der Waals surface area contributed by atoms with Crippen molar-refractivity contribution in [1.29, 1.82) is 0 Å². The average Bonchev–Trinajstić information content (AvgIpc) is 3.20. The van der Waals surface area contributed by atoms with Gasteiger partial charge in [-0.1, -0.05) is 25.3 Å². The lowest BCUT2D eigenvalue weighted by Crippen LogP contribution is -2.54. The number of piperazine rings is 1. The molecule has 1 aromatic carbocycles. The molecule has 3 aliphatic rings. The van der Waals surface area contributed by atoms with Crippen molar-refractivity contribution in [2.24, 2.45) is 5.92 Å². The third kappa shape index (κ3) is 4.29. The van der Waals surface area contributed by atoms with E-state index in [1.807, 2.05) is 23.1 Å². The van der Waals surface area contributed by atoms with Gasteiger partial charge in [-0.05, 0) is 42.8 Å². The lowest BCUT2D eigenvalue weighted by molar-refractivity contribution is -0.137. The summed E-state index contributed by atoms with van der Waals surface area (Å²) in [6.07, 6.45) is 5.80. The van der Waals surface area contributed by atoms with Crippen molar-refractivity contribution in [2.45, 2.75) is 38.6 Å². The second-order valence-electron chi connectivity index (χ2n) is 7.49. The summed E-state index contributed by atoms with van der Waals surface area (Å²) in [6, 6.07) is 5.93. The van der Waals surface area contributed by atoms with Gasteiger partial charge in [0.05, 0.1) is 0 Å². The Bertz CT molecular complexity index is 698. The molecule has 1 N–H and O–H groups in total. The van der Waals surface area contributed by atoms with E-state index in [1.165, 1.54) is 19.3 Å². The van der Waals surface area contributed by atoms with Gasteiger partial charge in [-0.3, -0.25) is 4.79 Å². The molecular formula is C20H27N3O3S. The van der Waals surface area contributed by atoms with Gasteiger partial charge < -0.3 is 24.6 Å². The number of thiocarbonyl (C=S) groups is 1. The molecular weight excluding hydrogens is 362 g/mol. The van der Waals surface area contributed by atoms with Crippen LogP contribution in [-0.4, -0.2) is 53.8 Å². The zero-order chi connectivity index (χ0) is 18.6. The Morgan fingerprint density at radius 1 is 1.04 bits per heavy atom. The van der Waals surface area contributed by atoms with Gasteiger partial charge in [0.2, 0.25) is 12.7 Å². The Labute approximate surface area is 165 Å². The van der Waals surface area contributed by atoms with Crippen LogP contribution < -0.4 is 14.8 Å². The molecule has 2 aliphatic heterocycles. The fourth-order valence-electron chi connectivity index (χ4n) is 4.08. The molecule has 27 heavy (non-hydrogen) atoms. The number of ether oxygens (including phenoxy) is 2. The Hall–Kier alpha value is -2.02. The Morgan fingerprint density at radius 2 is 1.74 bits per heavy atom. The van der Waals surface area contributed by atoms with Crippen molar-refractivity contribution < 1.29 is 14.3 Å². The summed E-state index contributed by atoms with van der Waals surface area (Å²) >= 11 is 5.56. The molecule has 4 rings (SSSR count). The molecule has 1 saturated heterocycles. The SMILES string of the molecule is O=C(C1CCCCC1)N1CCN(C(=S)NCc2ccc3c(c2)OCO3)CC1. The van der Waals surface area contributed by atoms with Crippen LogP contribution in [0, 0.1) is 5.92 Å². The van der Waals surface area contributed by atoms with Crippen molar-refractivity contribution in [3.05, 3.63) is 23.8 Å². The van der Waals surface area contributed by atoms with E-state index in [0.717, 1.165) is 61.2 Å².